The summed E-state index contributed by atoms with van der Waals surface area (Å²) in [6.45, 7) is 9.90. The highest BCUT2D eigenvalue weighted by Crippen LogP contribution is 2.30. The van der Waals surface area contributed by atoms with Crippen LogP contribution >= 0.6 is 11.6 Å². The first-order valence-corrected chi connectivity index (χ1v) is 8.71. The summed E-state index contributed by atoms with van der Waals surface area (Å²) < 4.78 is 20.9. The van der Waals surface area contributed by atoms with E-state index < -0.39 is 11.0 Å². The van der Waals surface area contributed by atoms with E-state index in [-0.39, 0.29) is 10.8 Å². The molecule has 0 bridgehead atoms. The Kier molecular flexibility index (Phi) is 5.15. The molecule has 120 valence electrons. The number of benzene rings is 1. The second-order valence-electron chi connectivity index (χ2n) is 6.43. The zero-order valence-corrected chi connectivity index (χ0v) is 15.1. The summed E-state index contributed by atoms with van der Waals surface area (Å²) in [7, 11) is -1.23. The number of aryl methyl sites for hydroxylation is 2. The van der Waals surface area contributed by atoms with Gasteiger partial charge in [0.25, 0.3) is 0 Å². The molecule has 0 saturated carbocycles. The number of furan rings is 1. The molecule has 5 heteroatoms. The zero-order chi connectivity index (χ0) is 16.5. The maximum Gasteiger partial charge on any atom is 0.193 e. The molecule has 0 radical (unpaired) electrons. The summed E-state index contributed by atoms with van der Waals surface area (Å²) in [4.78, 5) is 0. The van der Waals surface area contributed by atoms with E-state index >= 15 is 0 Å². The van der Waals surface area contributed by atoms with Crippen LogP contribution in [-0.2, 0) is 11.0 Å². The van der Waals surface area contributed by atoms with Gasteiger partial charge in [-0.2, -0.15) is 0 Å². The van der Waals surface area contributed by atoms with Gasteiger partial charge >= 0.3 is 0 Å². The molecule has 2 atom stereocenters. The predicted octanol–water partition coefficient (Wildman–Crippen LogP) is 4.69. The summed E-state index contributed by atoms with van der Waals surface area (Å²) in [5.74, 6) is 0.662. The van der Waals surface area contributed by atoms with Gasteiger partial charge in [-0.1, -0.05) is 23.8 Å². The van der Waals surface area contributed by atoms with Crippen molar-refractivity contribution < 1.29 is 8.63 Å². The van der Waals surface area contributed by atoms with Gasteiger partial charge in [-0.15, -0.1) is 0 Å². The minimum absolute atomic E-state index is 0.298. The van der Waals surface area contributed by atoms with E-state index in [0.717, 1.165) is 11.1 Å². The number of hydrogen-bond acceptors (Lipinski definition) is 2. The molecule has 1 N–H and O–H groups in total. The first-order chi connectivity index (χ1) is 10.2. The second-order valence-corrected chi connectivity index (χ2v) is 8.80. The van der Waals surface area contributed by atoms with Crippen LogP contribution in [0, 0.1) is 13.8 Å². The van der Waals surface area contributed by atoms with Gasteiger partial charge in [0.1, 0.15) is 11.8 Å². The van der Waals surface area contributed by atoms with E-state index in [0.29, 0.717) is 11.0 Å². The van der Waals surface area contributed by atoms with Gasteiger partial charge in [-0.05, 0) is 69.5 Å². The van der Waals surface area contributed by atoms with Crippen molar-refractivity contribution in [2.45, 2.75) is 45.4 Å². The molecule has 0 aliphatic rings. The molecule has 1 aromatic carbocycles. The standard InChI is InChI=1S/C17H22ClNO2S/c1-11-6-7-13(12(2)10-11)16(14-8-9-15(18)21-14)19-22(20)17(3,4)5/h6-10,16,19H,1-5H3. The van der Waals surface area contributed by atoms with Gasteiger partial charge in [0, 0.05) is 0 Å². The third-order valence-electron chi connectivity index (χ3n) is 3.40. The van der Waals surface area contributed by atoms with Crippen molar-refractivity contribution in [2.24, 2.45) is 0 Å². The van der Waals surface area contributed by atoms with E-state index in [4.69, 9.17) is 16.0 Å². The molecule has 0 aliphatic heterocycles. The molecular weight excluding hydrogens is 318 g/mol. The maximum atomic E-state index is 12.5. The van der Waals surface area contributed by atoms with Crippen LogP contribution < -0.4 is 4.72 Å². The van der Waals surface area contributed by atoms with Crippen molar-refractivity contribution in [3.8, 4) is 0 Å². The zero-order valence-electron chi connectivity index (χ0n) is 13.6. The van der Waals surface area contributed by atoms with Crippen LogP contribution in [0.4, 0.5) is 0 Å². The first kappa shape index (κ1) is 17.3. The smallest absolute Gasteiger partial charge is 0.193 e. The van der Waals surface area contributed by atoms with Crippen LogP contribution in [0.1, 0.15) is 49.3 Å². The molecule has 1 heterocycles. The summed E-state index contributed by atoms with van der Waals surface area (Å²) in [5, 5.41) is 0.327. The molecule has 0 saturated heterocycles. The van der Waals surface area contributed by atoms with Gasteiger partial charge in [0.15, 0.2) is 5.22 Å². The quantitative estimate of drug-likeness (QED) is 0.877. The van der Waals surface area contributed by atoms with Crippen molar-refractivity contribution >= 4 is 22.6 Å². The van der Waals surface area contributed by atoms with Crippen molar-refractivity contribution in [3.63, 3.8) is 0 Å². The molecule has 0 spiro atoms. The highest BCUT2D eigenvalue weighted by atomic mass is 35.5. The third kappa shape index (κ3) is 4.00. The summed E-state index contributed by atoms with van der Waals surface area (Å²) in [6, 6.07) is 9.41. The minimum atomic E-state index is -1.23. The highest BCUT2D eigenvalue weighted by molar-refractivity contribution is 7.84. The Balaban J connectivity index is 2.44. The molecule has 2 unspecified atom stereocenters. The van der Waals surface area contributed by atoms with Gasteiger partial charge in [0.05, 0.1) is 15.7 Å². The molecule has 2 rings (SSSR count). The SMILES string of the molecule is Cc1ccc(C(NS(=O)C(C)(C)C)c2ccc(Cl)o2)c(C)c1. The normalized spacial score (nSPS) is 14.8. The van der Waals surface area contributed by atoms with E-state index in [1.54, 1.807) is 6.07 Å². The highest BCUT2D eigenvalue weighted by Gasteiger charge is 2.27. The van der Waals surface area contributed by atoms with E-state index in [1.165, 1.54) is 5.56 Å². The van der Waals surface area contributed by atoms with Crippen LogP contribution in [-0.4, -0.2) is 8.96 Å². The van der Waals surface area contributed by atoms with E-state index in [2.05, 4.69) is 17.7 Å². The summed E-state index contributed by atoms with van der Waals surface area (Å²) in [6.07, 6.45) is 0. The van der Waals surface area contributed by atoms with Gasteiger partial charge in [-0.25, -0.2) is 8.93 Å². The Hall–Kier alpha value is -1.10. The number of halogens is 1. The number of rotatable bonds is 4. The van der Waals surface area contributed by atoms with Gasteiger partial charge in [0.2, 0.25) is 0 Å². The van der Waals surface area contributed by atoms with Crippen molar-refractivity contribution in [1.29, 1.82) is 0 Å². The van der Waals surface area contributed by atoms with Crippen molar-refractivity contribution in [1.82, 2.24) is 4.72 Å². The number of hydrogen-bond donors (Lipinski definition) is 1. The lowest BCUT2D eigenvalue weighted by Crippen LogP contribution is -2.36. The second kappa shape index (κ2) is 6.57. The van der Waals surface area contributed by atoms with E-state index in [1.807, 2.05) is 45.9 Å². The van der Waals surface area contributed by atoms with Crippen LogP contribution in [0.2, 0.25) is 5.22 Å². The topological polar surface area (TPSA) is 42.2 Å². The molecule has 2 aromatic rings. The van der Waals surface area contributed by atoms with Gasteiger partial charge in [-0.3, -0.25) is 0 Å². The van der Waals surface area contributed by atoms with Crippen molar-refractivity contribution in [2.75, 3.05) is 0 Å². The van der Waals surface area contributed by atoms with Crippen molar-refractivity contribution in [3.05, 3.63) is 58.0 Å². The molecule has 0 amide bonds. The monoisotopic (exact) mass is 339 g/mol. The fourth-order valence-electron chi connectivity index (χ4n) is 2.19. The first-order valence-electron chi connectivity index (χ1n) is 7.19. The molecule has 22 heavy (non-hydrogen) atoms. The van der Waals surface area contributed by atoms with Crippen LogP contribution in [0.15, 0.2) is 34.7 Å². The Labute approximate surface area is 139 Å². The maximum absolute atomic E-state index is 12.5. The van der Waals surface area contributed by atoms with Gasteiger partial charge < -0.3 is 4.42 Å². The summed E-state index contributed by atoms with van der Waals surface area (Å²) in [5.41, 5.74) is 3.35. The van der Waals surface area contributed by atoms with E-state index in [9.17, 15) is 4.21 Å². The fraction of sp³-hybridized carbons (Fsp3) is 0.412. The average Bonchev–Trinajstić information content (AvgIpc) is 2.82. The molecule has 0 aliphatic carbocycles. The molecular formula is C17H22ClNO2S. The van der Waals surface area contributed by atoms with Crippen LogP contribution in [0.3, 0.4) is 0 Å². The Morgan fingerprint density at radius 2 is 1.86 bits per heavy atom. The number of nitrogens with one attached hydrogen (secondary N) is 1. The lowest BCUT2D eigenvalue weighted by atomic mass is 9.98. The Morgan fingerprint density at radius 1 is 1.18 bits per heavy atom. The third-order valence-corrected chi connectivity index (χ3v) is 5.16. The summed E-state index contributed by atoms with van der Waals surface area (Å²) >= 11 is 5.91. The Bertz CT molecular complexity index is 688. The minimum Gasteiger partial charge on any atom is -0.448 e. The lowest BCUT2D eigenvalue weighted by Gasteiger charge is -2.24. The fourth-order valence-corrected chi connectivity index (χ4v) is 3.15. The average molecular weight is 340 g/mol. The molecule has 1 aromatic heterocycles. The van der Waals surface area contributed by atoms with Crippen LogP contribution in [0.25, 0.3) is 0 Å². The molecule has 3 nitrogen and oxygen atoms in total. The predicted molar refractivity (Wildman–Crippen MR) is 92.5 cm³/mol. The largest absolute Gasteiger partial charge is 0.448 e. The molecule has 0 fully saturated rings. The van der Waals surface area contributed by atoms with Crippen LogP contribution in [0.5, 0.6) is 0 Å². The Morgan fingerprint density at radius 3 is 2.36 bits per heavy atom. The lowest BCUT2D eigenvalue weighted by molar-refractivity contribution is 0.476.